The number of nitrogens with one attached hydrogen (secondary N) is 1. The van der Waals surface area contributed by atoms with E-state index in [-0.39, 0.29) is 18.9 Å². The number of hydrogen-bond donors (Lipinski definition) is 12. The van der Waals surface area contributed by atoms with Gasteiger partial charge in [-0.1, -0.05) is 345 Å². The lowest BCUT2D eigenvalue weighted by molar-refractivity contribution is -0.379. The van der Waals surface area contributed by atoms with E-state index >= 15 is 0 Å². The van der Waals surface area contributed by atoms with Crippen LogP contribution in [0.4, 0.5) is 0 Å². The number of hydrogen-bond acceptors (Lipinski definition) is 18. The van der Waals surface area contributed by atoms with Crippen LogP contribution in [0.5, 0.6) is 0 Å². The summed E-state index contributed by atoms with van der Waals surface area (Å²) in [6.45, 7) is 1.75. The molecule has 1 amide bonds. The van der Waals surface area contributed by atoms with Crippen LogP contribution in [0.3, 0.4) is 0 Å². The molecule has 19 heteroatoms. The minimum Gasteiger partial charge on any atom is -0.394 e. The Morgan fingerprint density at radius 3 is 1.04 bits per heavy atom. The van der Waals surface area contributed by atoms with Crippen LogP contribution in [0, 0.1) is 0 Å². The Balaban J connectivity index is 1.31. The number of unbranched alkanes of at least 4 members (excludes halogenated alkanes) is 45. The van der Waals surface area contributed by atoms with E-state index in [1.54, 1.807) is 0 Å². The van der Waals surface area contributed by atoms with E-state index in [1.165, 1.54) is 250 Å². The van der Waals surface area contributed by atoms with Crippen LogP contribution in [-0.2, 0) is 33.2 Å². The third kappa shape index (κ3) is 44.6. The van der Waals surface area contributed by atoms with Crippen LogP contribution >= 0.6 is 0 Å². The number of ether oxygens (including phenoxy) is 6. The second kappa shape index (κ2) is 65.5. The molecule has 0 radical (unpaired) electrons. The predicted octanol–water partition coefficient (Wildman–Crippen LogP) is 15.2. The summed E-state index contributed by atoms with van der Waals surface area (Å²) in [5.74, 6) is -0.235. The van der Waals surface area contributed by atoms with Gasteiger partial charge in [0.25, 0.3) is 0 Å². The summed E-state index contributed by atoms with van der Waals surface area (Å²) in [6, 6.07) is -0.887. The molecule has 0 bridgehead atoms. The van der Waals surface area contributed by atoms with Crippen molar-refractivity contribution in [1.29, 1.82) is 0 Å². The van der Waals surface area contributed by atoms with Crippen LogP contribution in [0.25, 0.3) is 0 Å². The Morgan fingerprint density at radius 2 is 0.663 bits per heavy atom. The van der Waals surface area contributed by atoms with Gasteiger partial charge in [-0.25, -0.2) is 0 Å². The first-order valence-electron chi connectivity index (χ1n) is 42.9. The molecule has 12 N–H and O–H groups in total. The Labute approximate surface area is 631 Å². The fourth-order valence-corrected chi connectivity index (χ4v) is 14.6. The van der Waals surface area contributed by atoms with Gasteiger partial charge in [-0.2, -0.15) is 0 Å². The Hall–Kier alpha value is -2.25. The molecule has 610 valence electrons. The molecular formula is C85H157NO18. The van der Waals surface area contributed by atoms with Crippen LogP contribution in [-0.4, -0.2) is 193 Å². The summed E-state index contributed by atoms with van der Waals surface area (Å²) in [7, 11) is 0. The van der Waals surface area contributed by atoms with Gasteiger partial charge in [0.2, 0.25) is 5.91 Å². The molecular weight excluding hydrogens is 1320 g/mol. The number of aliphatic hydroxyl groups is 11. The van der Waals surface area contributed by atoms with Crippen LogP contribution in [0.2, 0.25) is 0 Å². The molecule has 0 saturated carbocycles. The lowest BCUT2D eigenvalue weighted by Crippen LogP contribution is -2.66. The molecule has 19 nitrogen and oxygen atoms in total. The van der Waals surface area contributed by atoms with Crippen LogP contribution in [0.1, 0.15) is 354 Å². The standard InChI is InChI=1S/C85H157NO18/c1-3-5-7-9-11-13-15-17-19-21-23-25-27-28-29-30-31-32-33-34-35-36-37-38-39-40-41-43-45-47-49-51-53-55-57-59-61-63-73(91)86-68(69(90)62-60-58-56-54-52-50-48-46-44-42-26-24-22-20-18-16-14-12-10-8-6-4-2)67-99-83-79(97)76(94)81(71(65-88)101-83)104-85-80(98)77(95)82(72(66-89)102-85)103-84-78(96)75(93)74(92)70(64-87)100-84/h5,7,11,13,17,19,23,25,68-72,74-85,87-90,92-98H,3-4,6,8-10,12,14-16,18,20-22,24,26-67H2,1-2H3,(H,86,91)/b7-5-,13-11-,19-17-,25-23-. The van der Waals surface area contributed by atoms with E-state index in [1.807, 2.05) is 0 Å². The summed E-state index contributed by atoms with van der Waals surface area (Å²) in [4.78, 5) is 13.5. The fourth-order valence-electron chi connectivity index (χ4n) is 14.6. The minimum atomic E-state index is -1.97. The van der Waals surface area contributed by atoms with E-state index < -0.39 is 124 Å². The summed E-state index contributed by atoms with van der Waals surface area (Å²) >= 11 is 0. The molecule has 3 aliphatic heterocycles. The first-order chi connectivity index (χ1) is 50.8. The van der Waals surface area contributed by atoms with Crippen LogP contribution < -0.4 is 5.32 Å². The van der Waals surface area contributed by atoms with Crippen LogP contribution in [0.15, 0.2) is 48.6 Å². The molecule has 0 aromatic carbocycles. The molecule has 3 saturated heterocycles. The summed E-state index contributed by atoms with van der Waals surface area (Å²) in [6.07, 6.45) is 56.4. The normalized spacial score (nSPS) is 26.1. The van der Waals surface area contributed by atoms with Crippen molar-refractivity contribution in [2.24, 2.45) is 0 Å². The molecule has 0 spiro atoms. The number of carbonyl (C=O) groups is 1. The highest BCUT2D eigenvalue weighted by atomic mass is 16.8. The molecule has 3 aliphatic rings. The number of amides is 1. The molecule has 3 fully saturated rings. The number of carbonyl (C=O) groups excluding carboxylic acids is 1. The first-order valence-corrected chi connectivity index (χ1v) is 42.9. The maximum atomic E-state index is 13.5. The minimum absolute atomic E-state index is 0.235. The van der Waals surface area contributed by atoms with Crippen molar-refractivity contribution in [3.63, 3.8) is 0 Å². The largest absolute Gasteiger partial charge is 0.394 e. The zero-order chi connectivity index (χ0) is 75.3. The maximum absolute atomic E-state index is 13.5. The van der Waals surface area contributed by atoms with Crippen molar-refractivity contribution < 1.29 is 89.4 Å². The molecule has 17 unspecified atom stereocenters. The fraction of sp³-hybridized carbons (Fsp3) is 0.894. The predicted molar refractivity (Wildman–Crippen MR) is 416 cm³/mol. The highest BCUT2D eigenvalue weighted by Gasteiger charge is 2.54. The van der Waals surface area contributed by atoms with Gasteiger partial charge in [-0.05, 0) is 51.4 Å². The second-order valence-corrected chi connectivity index (χ2v) is 30.6. The quantitative estimate of drug-likeness (QED) is 0.0199. The Kier molecular flexibility index (Phi) is 60.4. The van der Waals surface area contributed by atoms with Gasteiger partial charge in [-0.3, -0.25) is 4.79 Å². The van der Waals surface area contributed by atoms with Gasteiger partial charge >= 0.3 is 0 Å². The zero-order valence-corrected chi connectivity index (χ0v) is 65.5. The second-order valence-electron chi connectivity index (χ2n) is 30.6. The lowest BCUT2D eigenvalue weighted by Gasteiger charge is -2.48. The van der Waals surface area contributed by atoms with Gasteiger partial charge in [0, 0.05) is 6.42 Å². The number of rotatable bonds is 69. The number of allylic oxidation sites excluding steroid dienone is 8. The van der Waals surface area contributed by atoms with Gasteiger partial charge in [0.1, 0.15) is 73.2 Å². The first kappa shape index (κ1) is 96.0. The highest BCUT2D eigenvalue weighted by Crippen LogP contribution is 2.34. The van der Waals surface area contributed by atoms with Gasteiger partial charge in [-0.15, -0.1) is 0 Å². The van der Waals surface area contributed by atoms with E-state index in [9.17, 15) is 61.0 Å². The van der Waals surface area contributed by atoms with Crippen molar-refractivity contribution in [2.75, 3.05) is 26.4 Å². The number of aliphatic hydroxyl groups excluding tert-OH is 11. The monoisotopic (exact) mass is 1480 g/mol. The topological polar surface area (TPSA) is 307 Å². The van der Waals surface area contributed by atoms with E-state index in [0.29, 0.717) is 12.8 Å². The molecule has 0 aliphatic carbocycles. The Morgan fingerprint density at radius 1 is 0.356 bits per heavy atom. The summed E-state index contributed by atoms with van der Waals surface area (Å²) in [5.41, 5.74) is 0. The molecule has 0 aromatic heterocycles. The average molecular weight is 1480 g/mol. The smallest absolute Gasteiger partial charge is 0.220 e. The van der Waals surface area contributed by atoms with Crippen molar-refractivity contribution >= 4 is 5.91 Å². The molecule has 3 heterocycles. The van der Waals surface area contributed by atoms with Gasteiger partial charge in [0.15, 0.2) is 18.9 Å². The van der Waals surface area contributed by atoms with Crippen molar-refractivity contribution in [2.45, 2.75) is 458 Å². The average Bonchev–Trinajstić information content (AvgIpc) is 0.783. The maximum Gasteiger partial charge on any atom is 0.220 e. The molecule has 104 heavy (non-hydrogen) atoms. The van der Waals surface area contributed by atoms with E-state index in [0.717, 1.165) is 70.6 Å². The van der Waals surface area contributed by atoms with E-state index in [2.05, 4.69) is 67.8 Å². The third-order valence-corrected chi connectivity index (χ3v) is 21.4. The zero-order valence-electron chi connectivity index (χ0n) is 65.5. The highest BCUT2D eigenvalue weighted by molar-refractivity contribution is 5.76. The molecule has 0 aromatic rings. The van der Waals surface area contributed by atoms with Gasteiger partial charge in [0.05, 0.1) is 38.6 Å². The SMILES string of the molecule is CC/C=C\C/C=C\C/C=C\C/C=C\CCCCCCCCCCCCCCCCCCCCCCCCCCC(=O)NC(COC1OC(CO)C(OC2OC(CO)C(OC3OC(CO)C(O)C(O)C3O)C(O)C2O)C(O)C1O)C(O)CCCCCCCCCCCCCCCCCCCCCCCC. The third-order valence-electron chi connectivity index (χ3n) is 21.4. The van der Waals surface area contributed by atoms with Crippen molar-refractivity contribution in [3.8, 4) is 0 Å². The summed E-state index contributed by atoms with van der Waals surface area (Å²) < 4.78 is 34.6. The Bertz CT molecular complexity index is 2060. The molecule has 17 atom stereocenters. The van der Waals surface area contributed by atoms with Gasteiger partial charge < -0.3 is 89.9 Å². The van der Waals surface area contributed by atoms with E-state index in [4.69, 9.17) is 28.4 Å². The molecule has 3 rings (SSSR count). The lowest BCUT2D eigenvalue weighted by atomic mass is 9.96. The van der Waals surface area contributed by atoms with Crippen molar-refractivity contribution in [1.82, 2.24) is 5.32 Å². The summed E-state index contributed by atoms with van der Waals surface area (Å²) in [5, 5.41) is 121. The van der Waals surface area contributed by atoms with Crippen molar-refractivity contribution in [3.05, 3.63) is 48.6 Å².